The monoisotopic (exact) mass is 520 g/mol. The molecule has 3 rings (SSSR count). The number of likely N-dealkylation sites (tertiary alicyclic amines) is 1. The highest BCUT2D eigenvalue weighted by Crippen LogP contribution is 2.31. The van der Waals surface area contributed by atoms with Crippen LogP contribution in [0.2, 0.25) is 10.0 Å². The number of nitrogens with zero attached hydrogens (tertiary/aromatic N) is 2. The molecule has 1 fully saturated rings. The molecule has 0 atom stereocenters. The van der Waals surface area contributed by atoms with E-state index < -0.39 is 18.4 Å². The van der Waals surface area contributed by atoms with Crippen molar-refractivity contribution in [2.24, 2.45) is 0 Å². The molecule has 0 spiro atoms. The Morgan fingerprint density at radius 3 is 2.24 bits per heavy atom. The molecular formula is C23H25Cl2F3N2O4. The van der Waals surface area contributed by atoms with E-state index in [0.717, 1.165) is 30.6 Å². The highest BCUT2D eigenvalue weighted by molar-refractivity contribution is 6.34. The summed E-state index contributed by atoms with van der Waals surface area (Å²) < 4.78 is 32.9. The lowest BCUT2D eigenvalue weighted by Crippen LogP contribution is -2.39. The standard InChI is InChI=1S/C21H24Cl2N2O3.C2HF3O/c1-21(2)9-3-10-24(21)13-18-16(22)12-17(23)19(26)25(18)11-8-14-4-6-15(7-5-14)20(27)28;3-2(4,5)1-6/h4-7,12H,3,8-11,13H2,1-2H3,(H,27,28);1H. The van der Waals surface area contributed by atoms with Crippen LogP contribution in [0.5, 0.6) is 0 Å². The van der Waals surface area contributed by atoms with Crippen molar-refractivity contribution in [1.29, 1.82) is 0 Å². The quantitative estimate of drug-likeness (QED) is 0.528. The number of benzene rings is 1. The lowest BCUT2D eigenvalue weighted by atomic mass is 10.0. The number of hydrogen-bond donors (Lipinski definition) is 1. The molecule has 1 aliphatic heterocycles. The van der Waals surface area contributed by atoms with Gasteiger partial charge >= 0.3 is 12.1 Å². The first-order valence-electron chi connectivity index (χ1n) is 10.4. The van der Waals surface area contributed by atoms with Crippen molar-refractivity contribution in [3.63, 3.8) is 0 Å². The molecule has 34 heavy (non-hydrogen) atoms. The molecule has 1 aromatic heterocycles. The number of pyridine rings is 1. The Morgan fingerprint density at radius 1 is 1.18 bits per heavy atom. The molecule has 186 valence electrons. The van der Waals surface area contributed by atoms with E-state index in [1.807, 2.05) is 0 Å². The number of carboxylic acid groups (broad SMARTS) is 1. The zero-order valence-corrected chi connectivity index (χ0v) is 20.2. The zero-order valence-electron chi connectivity index (χ0n) is 18.7. The molecule has 1 aliphatic rings. The maximum Gasteiger partial charge on any atom is 0.446 e. The molecule has 0 unspecified atom stereocenters. The largest absolute Gasteiger partial charge is 0.478 e. The summed E-state index contributed by atoms with van der Waals surface area (Å²) in [5.74, 6) is -0.958. The van der Waals surface area contributed by atoms with E-state index in [1.54, 1.807) is 28.8 Å². The van der Waals surface area contributed by atoms with Gasteiger partial charge in [0.1, 0.15) is 5.02 Å². The lowest BCUT2D eigenvalue weighted by molar-refractivity contribution is -0.156. The van der Waals surface area contributed by atoms with E-state index in [-0.39, 0.29) is 21.7 Å². The predicted molar refractivity (Wildman–Crippen MR) is 124 cm³/mol. The van der Waals surface area contributed by atoms with Crippen LogP contribution in [-0.4, -0.2) is 45.1 Å². The Kier molecular flexibility index (Phi) is 9.33. The summed E-state index contributed by atoms with van der Waals surface area (Å²) in [5, 5.41) is 9.62. The summed E-state index contributed by atoms with van der Waals surface area (Å²) in [6.45, 7) is 6.40. The molecule has 1 saturated heterocycles. The smallest absolute Gasteiger partial charge is 0.446 e. The van der Waals surface area contributed by atoms with Gasteiger partial charge in [-0.2, -0.15) is 13.2 Å². The van der Waals surface area contributed by atoms with Crippen LogP contribution in [-0.2, 0) is 24.3 Å². The number of carboxylic acids is 1. The number of aryl methyl sites for hydroxylation is 1. The maximum atomic E-state index is 12.7. The van der Waals surface area contributed by atoms with E-state index in [4.69, 9.17) is 33.1 Å². The number of aromatic nitrogens is 1. The summed E-state index contributed by atoms with van der Waals surface area (Å²) in [7, 11) is 0. The van der Waals surface area contributed by atoms with Crippen LogP contribution in [0, 0.1) is 0 Å². The van der Waals surface area contributed by atoms with Gasteiger partial charge < -0.3 is 9.67 Å². The van der Waals surface area contributed by atoms with E-state index in [1.165, 1.54) is 6.07 Å². The Hall–Kier alpha value is -2.36. The summed E-state index contributed by atoms with van der Waals surface area (Å²) in [5.41, 5.74) is 1.77. The van der Waals surface area contributed by atoms with Crippen molar-refractivity contribution < 1.29 is 27.9 Å². The third kappa shape index (κ3) is 7.58. The van der Waals surface area contributed by atoms with Gasteiger partial charge in [0, 0.05) is 18.6 Å². The highest BCUT2D eigenvalue weighted by atomic mass is 35.5. The predicted octanol–water partition coefficient (Wildman–Crippen LogP) is 5.22. The molecule has 0 amide bonds. The first-order chi connectivity index (χ1) is 15.7. The Labute approximate surface area is 204 Å². The molecule has 0 aliphatic carbocycles. The number of halogens is 5. The van der Waals surface area contributed by atoms with Crippen molar-refractivity contribution in [3.05, 3.63) is 67.6 Å². The minimum absolute atomic E-state index is 0.0660. The molecular weight excluding hydrogens is 496 g/mol. The maximum absolute atomic E-state index is 12.7. The van der Waals surface area contributed by atoms with E-state index >= 15 is 0 Å². The van der Waals surface area contributed by atoms with Crippen LogP contribution in [0.3, 0.4) is 0 Å². The number of aromatic carboxylic acids is 1. The van der Waals surface area contributed by atoms with Gasteiger partial charge in [-0.1, -0.05) is 35.3 Å². The lowest BCUT2D eigenvalue weighted by Gasteiger charge is -2.32. The van der Waals surface area contributed by atoms with Crippen molar-refractivity contribution in [2.45, 2.75) is 57.9 Å². The van der Waals surface area contributed by atoms with Crippen molar-refractivity contribution >= 4 is 35.5 Å². The van der Waals surface area contributed by atoms with Gasteiger partial charge in [-0.05, 0) is 63.4 Å². The molecule has 1 N–H and O–H groups in total. The number of carbonyl (C=O) groups excluding carboxylic acids is 1. The average Bonchev–Trinajstić information content (AvgIpc) is 3.09. The molecule has 0 radical (unpaired) electrons. The highest BCUT2D eigenvalue weighted by Gasteiger charge is 2.33. The normalized spacial score (nSPS) is 15.5. The Bertz CT molecular complexity index is 1080. The number of rotatable bonds is 6. The zero-order chi connectivity index (χ0) is 25.7. The van der Waals surface area contributed by atoms with Crippen molar-refractivity contribution in [2.75, 3.05) is 6.54 Å². The van der Waals surface area contributed by atoms with Crippen LogP contribution in [0.1, 0.15) is 48.3 Å². The van der Waals surface area contributed by atoms with Gasteiger partial charge in [-0.3, -0.25) is 14.5 Å². The van der Waals surface area contributed by atoms with E-state index in [0.29, 0.717) is 24.5 Å². The fourth-order valence-corrected chi connectivity index (χ4v) is 4.26. The summed E-state index contributed by atoms with van der Waals surface area (Å²) in [6, 6.07) is 8.20. The summed E-state index contributed by atoms with van der Waals surface area (Å²) in [4.78, 5) is 34.8. The number of hydrogen-bond acceptors (Lipinski definition) is 4. The van der Waals surface area contributed by atoms with Gasteiger partial charge in [-0.25, -0.2) is 4.79 Å². The van der Waals surface area contributed by atoms with Crippen LogP contribution in [0.4, 0.5) is 13.2 Å². The van der Waals surface area contributed by atoms with Crippen LogP contribution in [0.25, 0.3) is 0 Å². The van der Waals surface area contributed by atoms with Crippen molar-refractivity contribution in [1.82, 2.24) is 9.47 Å². The molecule has 2 heterocycles. The molecule has 1 aromatic carbocycles. The minimum Gasteiger partial charge on any atom is -0.478 e. The fourth-order valence-electron chi connectivity index (χ4n) is 3.73. The molecule has 0 saturated carbocycles. The SMILES string of the molecule is CC1(C)CCCN1Cc1c(Cl)cc(Cl)c(=O)n1CCc1ccc(C(=O)O)cc1.O=CC(F)(F)F. The van der Waals surface area contributed by atoms with Crippen molar-refractivity contribution in [3.8, 4) is 0 Å². The third-order valence-corrected chi connectivity index (χ3v) is 6.27. The third-order valence-electron chi connectivity index (χ3n) is 5.68. The molecule has 11 heteroatoms. The van der Waals surface area contributed by atoms with Gasteiger partial charge in [0.15, 0.2) is 0 Å². The van der Waals surface area contributed by atoms with Crippen LogP contribution >= 0.6 is 23.2 Å². The second-order valence-electron chi connectivity index (χ2n) is 8.49. The average molecular weight is 521 g/mol. The number of alkyl halides is 3. The second-order valence-corrected chi connectivity index (χ2v) is 9.31. The minimum atomic E-state index is -4.64. The van der Waals surface area contributed by atoms with Crippen LogP contribution < -0.4 is 5.56 Å². The summed E-state index contributed by atoms with van der Waals surface area (Å²) >= 11 is 12.6. The fraction of sp³-hybridized carbons (Fsp3) is 0.435. The first-order valence-corrected chi connectivity index (χ1v) is 11.2. The Balaban J connectivity index is 0.000000604. The number of aldehydes is 1. The van der Waals surface area contributed by atoms with Crippen LogP contribution in [0.15, 0.2) is 35.1 Å². The second kappa shape index (κ2) is 11.4. The van der Waals surface area contributed by atoms with E-state index in [9.17, 15) is 22.8 Å². The van der Waals surface area contributed by atoms with Gasteiger partial charge in [0.2, 0.25) is 6.29 Å². The first kappa shape index (κ1) is 27.9. The molecule has 6 nitrogen and oxygen atoms in total. The molecule has 2 aromatic rings. The van der Waals surface area contributed by atoms with Gasteiger partial charge in [-0.15, -0.1) is 0 Å². The number of carbonyl (C=O) groups is 2. The van der Waals surface area contributed by atoms with E-state index in [2.05, 4.69) is 18.7 Å². The topological polar surface area (TPSA) is 79.6 Å². The van der Waals surface area contributed by atoms with Gasteiger partial charge in [0.05, 0.1) is 16.3 Å². The Morgan fingerprint density at radius 2 is 1.76 bits per heavy atom. The molecule has 0 bridgehead atoms. The van der Waals surface area contributed by atoms with Gasteiger partial charge in [0.25, 0.3) is 5.56 Å². The summed E-state index contributed by atoms with van der Waals surface area (Å²) in [6.07, 6.45) is -2.89.